The van der Waals surface area contributed by atoms with Crippen LogP contribution < -0.4 is 5.32 Å². The molecule has 1 aromatic heterocycles. The Bertz CT molecular complexity index is 455. The van der Waals surface area contributed by atoms with E-state index in [4.69, 9.17) is 5.11 Å². The Hall–Kier alpha value is -1.91. The van der Waals surface area contributed by atoms with Crippen LogP contribution in [0.5, 0.6) is 0 Å². The average molecular weight is 250 g/mol. The van der Waals surface area contributed by atoms with Gasteiger partial charge in [0.15, 0.2) is 0 Å². The quantitative estimate of drug-likeness (QED) is 0.838. The normalized spacial score (nSPS) is 11.1. The molecule has 1 amide bonds. The van der Waals surface area contributed by atoms with Gasteiger partial charge in [0.05, 0.1) is 0 Å². The molecule has 2 N–H and O–H groups in total. The molecule has 1 heterocycles. The monoisotopic (exact) mass is 250 g/mol. The van der Waals surface area contributed by atoms with Gasteiger partial charge in [-0.15, -0.1) is 0 Å². The standard InChI is InChI=1S/C13H18N2O3/c1-4-6-13(2,3)15-11(16)9-5-7-14-10(8-9)12(17)18/h5,7-8H,4,6H2,1-3H3,(H,15,16)(H,17,18). The summed E-state index contributed by atoms with van der Waals surface area (Å²) in [6.07, 6.45) is 3.14. The van der Waals surface area contributed by atoms with E-state index >= 15 is 0 Å². The Morgan fingerprint density at radius 3 is 2.67 bits per heavy atom. The maximum Gasteiger partial charge on any atom is 0.354 e. The molecule has 5 heteroatoms. The van der Waals surface area contributed by atoms with Crippen molar-refractivity contribution >= 4 is 11.9 Å². The Labute approximate surface area is 106 Å². The zero-order valence-corrected chi connectivity index (χ0v) is 10.9. The van der Waals surface area contributed by atoms with Crippen LogP contribution in [-0.4, -0.2) is 27.5 Å². The Morgan fingerprint density at radius 2 is 2.11 bits per heavy atom. The van der Waals surface area contributed by atoms with Gasteiger partial charge in [0.2, 0.25) is 0 Å². The molecular formula is C13H18N2O3. The number of aromatic nitrogens is 1. The molecule has 0 bridgehead atoms. The number of nitrogens with zero attached hydrogens (tertiary/aromatic N) is 1. The smallest absolute Gasteiger partial charge is 0.354 e. The highest BCUT2D eigenvalue weighted by Gasteiger charge is 2.20. The number of aromatic carboxylic acids is 1. The summed E-state index contributed by atoms with van der Waals surface area (Å²) in [6, 6.07) is 2.78. The molecule has 0 aliphatic heterocycles. The molecule has 0 unspecified atom stereocenters. The zero-order valence-electron chi connectivity index (χ0n) is 10.9. The van der Waals surface area contributed by atoms with Crippen molar-refractivity contribution < 1.29 is 14.7 Å². The topological polar surface area (TPSA) is 79.3 Å². The Kier molecular flexibility index (Phi) is 4.42. The number of carbonyl (C=O) groups excluding carboxylic acids is 1. The van der Waals surface area contributed by atoms with Gasteiger partial charge < -0.3 is 10.4 Å². The Morgan fingerprint density at radius 1 is 1.44 bits per heavy atom. The lowest BCUT2D eigenvalue weighted by molar-refractivity contribution is 0.0690. The first-order valence-electron chi connectivity index (χ1n) is 5.87. The van der Waals surface area contributed by atoms with Crippen molar-refractivity contribution in [2.45, 2.75) is 39.2 Å². The SMILES string of the molecule is CCCC(C)(C)NC(=O)c1ccnc(C(=O)O)c1. The van der Waals surface area contributed by atoms with Crippen LogP contribution in [0.4, 0.5) is 0 Å². The van der Waals surface area contributed by atoms with Crippen LogP contribution in [0.1, 0.15) is 54.5 Å². The summed E-state index contributed by atoms with van der Waals surface area (Å²) in [4.78, 5) is 26.4. The minimum atomic E-state index is -1.14. The molecule has 0 spiro atoms. The second-order valence-electron chi connectivity index (χ2n) is 4.82. The first-order chi connectivity index (χ1) is 8.35. The average Bonchev–Trinajstić information content (AvgIpc) is 2.28. The number of carboxylic acids is 1. The molecule has 1 rings (SSSR count). The van der Waals surface area contributed by atoms with E-state index in [1.165, 1.54) is 18.3 Å². The molecular weight excluding hydrogens is 232 g/mol. The highest BCUT2D eigenvalue weighted by atomic mass is 16.4. The molecule has 0 radical (unpaired) electrons. The molecule has 0 saturated carbocycles. The van der Waals surface area contributed by atoms with Crippen molar-refractivity contribution in [2.75, 3.05) is 0 Å². The lowest BCUT2D eigenvalue weighted by Gasteiger charge is -2.25. The lowest BCUT2D eigenvalue weighted by Crippen LogP contribution is -2.43. The second kappa shape index (κ2) is 5.62. The van der Waals surface area contributed by atoms with E-state index in [1.807, 2.05) is 20.8 Å². The molecule has 98 valence electrons. The summed E-state index contributed by atoms with van der Waals surface area (Å²) in [5, 5.41) is 11.7. The maximum absolute atomic E-state index is 12.0. The fraction of sp³-hybridized carbons (Fsp3) is 0.462. The summed E-state index contributed by atoms with van der Waals surface area (Å²) in [6.45, 7) is 5.92. The number of rotatable bonds is 5. The van der Waals surface area contributed by atoms with Gasteiger partial charge in [-0.1, -0.05) is 13.3 Å². The first-order valence-corrected chi connectivity index (χ1v) is 5.87. The molecule has 0 aromatic carbocycles. The number of hydrogen-bond acceptors (Lipinski definition) is 3. The number of pyridine rings is 1. The largest absolute Gasteiger partial charge is 0.477 e. The minimum absolute atomic E-state index is 0.129. The minimum Gasteiger partial charge on any atom is -0.477 e. The van der Waals surface area contributed by atoms with Crippen LogP contribution in [0.3, 0.4) is 0 Å². The van der Waals surface area contributed by atoms with Crippen LogP contribution in [0, 0.1) is 0 Å². The maximum atomic E-state index is 12.0. The van der Waals surface area contributed by atoms with E-state index in [-0.39, 0.29) is 17.1 Å². The Balaban J connectivity index is 2.84. The van der Waals surface area contributed by atoms with E-state index in [0.717, 1.165) is 12.8 Å². The highest BCUT2D eigenvalue weighted by Crippen LogP contribution is 2.12. The first kappa shape index (κ1) is 14.2. The fourth-order valence-corrected chi connectivity index (χ4v) is 1.76. The van der Waals surface area contributed by atoms with Crippen LogP contribution >= 0.6 is 0 Å². The van der Waals surface area contributed by atoms with Crippen LogP contribution in [-0.2, 0) is 0 Å². The zero-order chi connectivity index (χ0) is 13.8. The predicted octanol–water partition coefficient (Wildman–Crippen LogP) is 2.09. The molecule has 0 saturated heterocycles. The molecule has 0 atom stereocenters. The number of carbonyl (C=O) groups is 2. The van der Waals surface area contributed by atoms with E-state index < -0.39 is 5.97 Å². The summed E-state index contributed by atoms with van der Waals surface area (Å²) in [5.74, 6) is -1.42. The number of amides is 1. The lowest BCUT2D eigenvalue weighted by atomic mass is 9.98. The van der Waals surface area contributed by atoms with E-state index in [2.05, 4.69) is 10.3 Å². The molecule has 0 aliphatic rings. The van der Waals surface area contributed by atoms with Gasteiger partial charge in [-0.2, -0.15) is 0 Å². The van der Waals surface area contributed by atoms with Crippen molar-refractivity contribution in [3.63, 3.8) is 0 Å². The third-order valence-corrected chi connectivity index (χ3v) is 2.57. The van der Waals surface area contributed by atoms with Gasteiger partial charge in [0.25, 0.3) is 5.91 Å². The third kappa shape index (κ3) is 3.84. The predicted molar refractivity (Wildman–Crippen MR) is 67.6 cm³/mol. The summed E-state index contributed by atoms with van der Waals surface area (Å²) < 4.78 is 0. The van der Waals surface area contributed by atoms with Crippen molar-refractivity contribution in [2.24, 2.45) is 0 Å². The molecule has 0 fully saturated rings. The van der Waals surface area contributed by atoms with E-state index in [1.54, 1.807) is 0 Å². The van der Waals surface area contributed by atoms with E-state index in [0.29, 0.717) is 5.56 Å². The summed E-state index contributed by atoms with van der Waals surface area (Å²) in [7, 11) is 0. The van der Waals surface area contributed by atoms with Crippen LogP contribution in [0.15, 0.2) is 18.3 Å². The molecule has 0 aliphatic carbocycles. The molecule has 18 heavy (non-hydrogen) atoms. The van der Waals surface area contributed by atoms with Crippen LogP contribution in [0.2, 0.25) is 0 Å². The number of carboxylic acid groups (broad SMARTS) is 1. The van der Waals surface area contributed by atoms with E-state index in [9.17, 15) is 9.59 Å². The summed E-state index contributed by atoms with van der Waals surface area (Å²) >= 11 is 0. The second-order valence-corrected chi connectivity index (χ2v) is 4.82. The van der Waals surface area contributed by atoms with Gasteiger partial charge in [-0.3, -0.25) is 4.79 Å². The van der Waals surface area contributed by atoms with Gasteiger partial charge in [0, 0.05) is 17.3 Å². The summed E-state index contributed by atoms with van der Waals surface area (Å²) in [5.41, 5.74) is -0.124. The fourth-order valence-electron chi connectivity index (χ4n) is 1.76. The molecule has 1 aromatic rings. The number of hydrogen-bond donors (Lipinski definition) is 2. The molecule has 5 nitrogen and oxygen atoms in total. The van der Waals surface area contributed by atoms with Crippen molar-refractivity contribution in [3.05, 3.63) is 29.6 Å². The van der Waals surface area contributed by atoms with Crippen molar-refractivity contribution in [1.29, 1.82) is 0 Å². The van der Waals surface area contributed by atoms with Gasteiger partial charge >= 0.3 is 5.97 Å². The van der Waals surface area contributed by atoms with Gasteiger partial charge in [0.1, 0.15) is 5.69 Å². The third-order valence-electron chi connectivity index (χ3n) is 2.57. The van der Waals surface area contributed by atoms with Gasteiger partial charge in [-0.05, 0) is 32.4 Å². The van der Waals surface area contributed by atoms with Crippen LogP contribution in [0.25, 0.3) is 0 Å². The highest BCUT2D eigenvalue weighted by molar-refractivity contribution is 5.96. The van der Waals surface area contributed by atoms with Crippen molar-refractivity contribution in [3.8, 4) is 0 Å². The van der Waals surface area contributed by atoms with Crippen molar-refractivity contribution in [1.82, 2.24) is 10.3 Å². The van der Waals surface area contributed by atoms with Gasteiger partial charge in [-0.25, -0.2) is 9.78 Å². The number of nitrogens with one attached hydrogen (secondary N) is 1.